The minimum absolute atomic E-state index is 0.0259. The maximum atomic E-state index is 13.4. The van der Waals surface area contributed by atoms with Crippen molar-refractivity contribution in [3.63, 3.8) is 0 Å². The lowest BCUT2D eigenvalue weighted by Gasteiger charge is -2.24. The van der Waals surface area contributed by atoms with Gasteiger partial charge in [-0.1, -0.05) is 17.7 Å². The van der Waals surface area contributed by atoms with Gasteiger partial charge in [0.2, 0.25) is 0 Å². The van der Waals surface area contributed by atoms with Gasteiger partial charge in [-0.3, -0.25) is 9.59 Å². The summed E-state index contributed by atoms with van der Waals surface area (Å²) in [6, 6.07) is 3.51. The summed E-state index contributed by atoms with van der Waals surface area (Å²) < 4.78 is 18.3. The Bertz CT molecular complexity index is 760. The van der Waals surface area contributed by atoms with Gasteiger partial charge in [-0.2, -0.15) is 0 Å². The first-order chi connectivity index (χ1) is 12.7. The van der Waals surface area contributed by atoms with Gasteiger partial charge in [0.15, 0.2) is 5.72 Å². The van der Waals surface area contributed by atoms with Gasteiger partial charge in [-0.15, -0.1) is 6.58 Å². The third-order valence-electron chi connectivity index (χ3n) is 3.78. The molecule has 0 radical (unpaired) electrons. The van der Waals surface area contributed by atoms with Crippen molar-refractivity contribution in [2.45, 2.75) is 18.6 Å². The van der Waals surface area contributed by atoms with Gasteiger partial charge in [0, 0.05) is 18.7 Å². The van der Waals surface area contributed by atoms with Crippen LogP contribution in [0.5, 0.6) is 0 Å². The lowest BCUT2D eigenvalue weighted by Crippen LogP contribution is -2.53. The number of anilines is 1. The molecule has 0 saturated carbocycles. The number of aliphatic hydroxyl groups is 1. The maximum absolute atomic E-state index is 13.4. The van der Waals surface area contributed by atoms with Crippen LogP contribution >= 0.6 is 11.6 Å². The van der Waals surface area contributed by atoms with Gasteiger partial charge in [-0.05, 0) is 24.6 Å². The van der Waals surface area contributed by atoms with E-state index in [1.807, 2.05) is 0 Å². The predicted octanol–water partition coefficient (Wildman–Crippen LogP) is 1.64. The SMILES string of the molecule is C=CCCOC(=O)N1CCC(O)(NC(=O)C(=O)Nc2ccc(Cl)c(F)c2)C1. The van der Waals surface area contributed by atoms with Crippen LogP contribution in [0.15, 0.2) is 30.9 Å². The van der Waals surface area contributed by atoms with E-state index in [-0.39, 0.29) is 36.8 Å². The molecule has 1 heterocycles. The second-order valence-electron chi connectivity index (χ2n) is 5.93. The molecule has 1 aromatic carbocycles. The van der Waals surface area contributed by atoms with Crippen LogP contribution in [0.2, 0.25) is 5.02 Å². The smallest absolute Gasteiger partial charge is 0.409 e. The highest BCUT2D eigenvalue weighted by Gasteiger charge is 2.41. The Morgan fingerprint density at radius 1 is 1.41 bits per heavy atom. The van der Waals surface area contributed by atoms with E-state index in [0.29, 0.717) is 6.42 Å². The molecule has 10 heteroatoms. The highest BCUT2D eigenvalue weighted by Crippen LogP contribution is 2.20. The number of nitrogens with zero attached hydrogens (tertiary/aromatic N) is 1. The molecule has 0 aliphatic carbocycles. The molecule has 1 fully saturated rings. The lowest BCUT2D eigenvalue weighted by molar-refractivity contribution is -0.140. The van der Waals surface area contributed by atoms with E-state index in [2.05, 4.69) is 17.2 Å². The average Bonchev–Trinajstić information content (AvgIpc) is 3.00. The zero-order valence-corrected chi connectivity index (χ0v) is 15.1. The molecule has 146 valence electrons. The Morgan fingerprint density at radius 3 is 2.81 bits per heavy atom. The van der Waals surface area contributed by atoms with E-state index in [9.17, 15) is 23.9 Å². The van der Waals surface area contributed by atoms with E-state index in [4.69, 9.17) is 16.3 Å². The summed E-state index contributed by atoms with van der Waals surface area (Å²) in [7, 11) is 0. The Kier molecular flexibility index (Phi) is 6.75. The zero-order valence-electron chi connectivity index (χ0n) is 14.3. The van der Waals surface area contributed by atoms with Crippen molar-refractivity contribution >= 4 is 35.2 Å². The van der Waals surface area contributed by atoms with Crippen molar-refractivity contribution in [2.24, 2.45) is 0 Å². The number of nitrogens with one attached hydrogen (secondary N) is 2. The highest BCUT2D eigenvalue weighted by molar-refractivity contribution is 6.39. The molecule has 8 nitrogen and oxygen atoms in total. The molecule has 3 amide bonds. The fraction of sp³-hybridized carbons (Fsp3) is 0.353. The first-order valence-corrected chi connectivity index (χ1v) is 8.45. The number of amides is 3. The Labute approximate surface area is 159 Å². The summed E-state index contributed by atoms with van der Waals surface area (Å²) >= 11 is 5.54. The molecule has 0 spiro atoms. The van der Waals surface area contributed by atoms with Crippen LogP contribution < -0.4 is 10.6 Å². The maximum Gasteiger partial charge on any atom is 0.409 e. The topological polar surface area (TPSA) is 108 Å². The molecular formula is C17H19ClFN3O5. The van der Waals surface area contributed by atoms with Crippen LogP contribution in [0.3, 0.4) is 0 Å². The molecule has 1 atom stereocenters. The van der Waals surface area contributed by atoms with Gasteiger partial charge in [0.05, 0.1) is 18.2 Å². The number of ether oxygens (including phenoxy) is 1. The van der Waals surface area contributed by atoms with Crippen LogP contribution in [-0.2, 0) is 14.3 Å². The molecular weight excluding hydrogens is 381 g/mol. The normalized spacial score (nSPS) is 18.7. The third kappa shape index (κ3) is 5.66. The fourth-order valence-electron chi connectivity index (χ4n) is 2.40. The first-order valence-electron chi connectivity index (χ1n) is 8.07. The van der Waals surface area contributed by atoms with Crippen LogP contribution in [0.25, 0.3) is 0 Å². The zero-order chi connectivity index (χ0) is 20.0. The second-order valence-corrected chi connectivity index (χ2v) is 6.34. The number of hydrogen-bond acceptors (Lipinski definition) is 5. The van der Waals surface area contributed by atoms with Crippen LogP contribution in [0, 0.1) is 5.82 Å². The average molecular weight is 400 g/mol. The van der Waals surface area contributed by atoms with Crippen LogP contribution in [-0.4, -0.2) is 53.3 Å². The summed E-state index contributed by atoms with van der Waals surface area (Å²) in [4.78, 5) is 37.0. The molecule has 1 aliphatic heterocycles. The number of carbonyl (C=O) groups excluding carboxylic acids is 3. The highest BCUT2D eigenvalue weighted by atomic mass is 35.5. The van der Waals surface area contributed by atoms with Gasteiger partial charge in [-0.25, -0.2) is 9.18 Å². The molecule has 3 N–H and O–H groups in total. The Hall–Kier alpha value is -2.65. The number of rotatable bonds is 5. The van der Waals surface area contributed by atoms with Crippen molar-refractivity contribution in [3.05, 3.63) is 41.7 Å². The second kappa shape index (κ2) is 8.83. The minimum Gasteiger partial charge on any atom is -0.449 e. The largest absolute Gasteiger partial charge is 0.449 e. The minimum atomic E-state index is -1.77. The number of β-amino-alcohol motifs (C(OH)–C–C–N with tert-alkyl or cyclic N) is 1. The summed E-state index contributed by atoms with van der Waals surface area (Å²) in [5.41, 5.74) is -1.74. The lowest BCUT2D eigenvalue weighted by atomic mass is 10.2. The van der Waals surface area contributed by atoms with Gasteiger partial charge >= 0.3 is 17.9 Å². The van der Waals surface area contributed by atoms with E-state index < -0.39 is 29.4 Å². The van der Waals surface area contributed by atoms with Crippen molar-refractivity contribution < 1.29 is 28.6 Å². The van der Waals surface area contributed by atoms with Gasteiger partial charge in [0.25, 0.3) is 0 Å². The van der Waals surface area contributed by atoms with Crippen molar-refractivity contribution in [3.8, 4) is 0 Å². The van der Waals surface area contributed by atoms with Crippen molar-refractivity contribution in [1.29, 1.82) is 0 Å². The Morgan fingerprint density at radius 2 is 2.15 bits per heavy atom. The molecule has 1 aromatic rings. The number of halogens is 2. The molecule has 1 saturated heterocycles. The fourth-order valence-corrected chi connectivity index (χ4v) is 2.52. The van der Waals surface area contributed by atoms with E-state index in [0.717, 1.165) is 6.07 Å². The molecule has 1 unspecified atom stereocenters. The Balaban J connectivity index is 1.88. The molecule has 1 aliphatic rings. The van der Waals surface area contributed by atoms with E-state index in [1.54, 1.807) is 6.08 Å². The summed E-state index contributed by atoms with van der Waals surface area (Å²) in [5.74, 6) is -2.98. The van der Waals surface area contributed by atoms with Crippen molar-refractivity contribution in [2.75, 3.05) is 25.0 Å². The monoisotopic (exact) mass is 399 g/mol. The van der Waals surface area contributed by atoms with Crippen LogP contribution in [0.1, 0.15) is 12.8 Å². The molecule has 0 bridgehead atoms. The summed E-state index contributed by atoms with van der Waals surface area (Å²) in [6.45, 7) is 3.58. The third-order valence-corrected chi connectivity index (χ3v) is 4.09. The van der Waals surface area contributed by atoms with Crippen LogP contribution in [0.4, 0.5) is 14.9 Å². The molecule has 0 aromatic heterocycles. The standard InChI is InChI=1S/C17H19ClFN3O5/c1-2-3-8-27-16(25)22-7-6-17(26,10-22)21-15(24)14(23)20-11-4-5-12(18)13(19)9-11/h2,4-5,9,26H,1,3,6-8,10H2,(H,20,23)(H,21,24). The predicted molar refractivity (Wildman–Crippen MR) is 95.5 cm³/mol. The van der Waals surface area contributed by atoms with E-state index >= 15 is 0 Å². The molecule has 27 heavy (non-hydrogen) atoms. The number of likely N-dealkylation sites (tertiary alicyclic amines) is 1. The quantitative estimate of drug-likeness (QED) is 0.302. The first kappa shape index (κ1) is 20.7. The van der Waals surface area contributed by atoms with Gasteiger partial charge < -0.3 is 25.4 Å². The number of carbonyl (C=O) groups is 3. The van der Waals surface area contributed by atoms with Crippen molar-refractivity contribution in [1.82, 2.24) is 10.2 Å². The number of benzene rings is 1. The molecule has 2 rings (SSSR count). The number of hydrogen-bond donors (Lipinski definition) is 3. The van der Waals surface area contributed by atoms with E-state index in [1.165, 1.54) is 17.0 Å². The summed E-state index contributed by atoms with van der Waals surface area (Å²) in [6.07, 6.45) is 1.48. The summed E-state index contributed by atoms with van der Waals surface area (Å²) in [5, 5.41) is 14.6. The van der Waals surface area contributed by atoms with Gasteiger partial charge in [0.1, 0.15) is 5.82 Å².